The van der Waals surface area contributed by atoms with Gasteiger partial charge in [0.2, 0.25) is 0 Å². The third kappa shape index (κ3) is 3.11. The summed E-state index contributed by atoms with van der Waals surface area (Å²) in [7, 11) is -1.69. The molecule has 0 aromatic carbocycles. The molecule has 4 heteroatoms. The quantitative estimate of drug-likeness (QED) is 0.747. The molecule has 0 spiro atoms. The Hall–Kier alpha value is 0.0969. The Morgan fingerprint density at radius 2 is 1.71 bits per heavy atom. The standard InChI is InChI=1S/C13H28O3Si/c1-5-17(6-2,7-3)16-12-10-8-9-11(14)13(12,4)15/h11-12,14-15H,5-10H2,1-4H3/t11-,12+,13-/m0/s1. The minimum Gasteiger partial charge on any atom is -0.411 e. The van der Waals surface area contributed by atoms with Crippen molar-refractivity contribution in [3.8, 4) is 0 Å². The molecule has 0 heterocycles. The van der Waals surface area contributed by atoms with Gasteiger partial charge < -0.3 is 14.6 Å². The third-order valence-electron chi connectivity index (χ3n) is 4.60. The molecule has 1 aliphatic rings. The number of aliphatic hydroxyl groups excluding tert-OH is 1. The largest absolute Gasteiger partial charge is 0.411 e. The van der Waals surface area contributed by atoms with Gasteiger partial charge in [0.1, 0.15) is 5.60 Å². The lowest BCUT2D eigenvalue weighted by atomic mass is 9.81. The summed E-state index contributed by atoms with van der Waals surface area (Å²) in [6, 6.07) is 3.26. The predicted molar refractivity (Wildman–Crippen MR) is 72.6 cm³/mol. The zero-order valence-corrected chi connectivity index (χ0v) is 12.7. The van der Waals surface area contributed by atoms with E-state index in [1.165, 1.54) is 0 Å². The average Bonchev–Trinajstić information content (AvgIpc) is 2.32. The molecule has 17 heavy (non-hydrogen) atoms. The van der Waals surface area contributed by atoms with Crippen LogP contribution in [0.3, 0.4) is 0 Å². The lowest BCUT2D eigenvalue weighted by molar-refractivity contribution is -0.150. The van der Waals surface area contributed by atoms with E-state index in [4.69, 9.17) is 4.43 Å². The molecule has 0 aliphatic heterocycles. The van der Waals surface area contributed by atoms with E-state index in [-0.39, 0.29) is 6.10 Å². The molecule has 102 valence electrons. The Balaban J connectivity index is 2.78. The summed E-state index contributed by atoms with van der Waals surface area (Å²) in [5, 5.41) is 20.3. The van der Waals surface area contributed by atoms with Crippen molar-refractivity contribution in [2.24, 2.45) is 0 Å². The SMILES string of the molecule is CC[Si](CC)(CC)O[C@@H]1CCC[C@H](O)[C@]1(C)O. The van der Waals surface area contributed by atoms with Gasteiger partial charge in [0.15, 0.2) is 8.32 Å². The molecule has 0 bridgehead atoms. The normalized spacial score (nSPS) is 34.9. The third-order valence-corrected chi connectivity index (χ3v) is 9.25. The Morgan fingerprint density at radius 3 is 2.18 bits per heavy atom. The maximum atomic E-state index is 10.4. The second-order valence-electron chi connectivity index (χ2n) is 5.52. The fraction of sp³-hybridized carbons (Fsp3) is 1.00. The van der Waals surface area contributed by atoms with Crippen LogP contribution in [0.2, 0.25) is 18.1 Å². The smallest absolute Gasteiger partial charge is 0.192 e. The van der Waals surface area contributed by atoms with Crippen LogP contribution >= 0.6 is 0 Å². The van der Waals surface area contributed by atoms with E-state index >= 15 is 0 Å². The van der Waals surface area contributed by atoms with E-state index in [9.17, 15) is 10.2 Å². The number of aliphatic hydroxyl groups is 2. The van der Waals surface area contributed by atoms with Crippen molar-refractivity contribution < 1.29 is 14.6 Å². The van der Waals surface area contributed by atoms with Crippen LogP contribution in [-0.4, -0.2) is 36.3 Å². The molecule has 0 saturated heterocycles. The van der Waals surface area contributed by atoms with Gasteiger partial charge in [0, 0.05) is 0 Å². The number of hydrogen-bond acceptors (Lipinski definition) is 3. The topological polar surface area (TPSA) is 49.7 Å². The minimum absolute atomic E-state index is 0.183. The highest BCUT2D eigenvalue weighted by molar-refractivity contribution is 6.73. The van der Waals surface area contributed by atoms with Crippen LogP contribution in [0.4, 0.5) is 0 Å². The van der Waals surface area contributed by atoms with Crippen molar-refractivity contribution in [3.63, 3.8) is 0 Å². The molecule has 1 saturated carbocycles. The summed E-state index contributed by atoms with van der Waals surface area (Å²) in [4.78, 5) is 0. The molecule has 0 aromatic heterocycles. The summed E-state index contributed by atoms with van der Waals surface area (Å²) in [6.45, 7) is 8.29. The lowest BCUT2D eigenvalue weighted by Gasteiger charge is -2.45. The van der Waals surface area contributed by atoms with Gasteiger partial charge in [-0.25, -0.2) is 0 Å². The lowest BCUT2D eigenvalue weighted by Crippen LogP contribution is -2.57. The Bertz CT molecular complexity index is 231. The molecule has 3 nitrogen and oxygen atoms in total. The monoisotopic (exact) mass is 260 g/mol. The van der Waals surface area contributed by atoms with Crippen molar-refractivity contribution >= 4 is 8.32 Å². The highest BCUT2D eigenvalue weighted by Crippen LogP contribution is 2.35. The highest BCUT2D eigenvalue weighted by Gasteiger charge is 2.45. The summed E-state index contributed by atoms with van der Waals surface area (Å²) < 4.78 is 6.34. The zero-order chi connectivity index (χ0) is 13.1. The number of rotatable bonds is 5. The van der Waals surface area contributed by atoms with Crippen molar-refractivity contribution in [1.82, 2.24) is 0 Å². The second-order valence-corrected chi connectivity index (χ2v) is 10.2. The predicted octanol–water partition coefficient (Wildman–Crippen LogP) is 2.67. The first-order chi connectivity index (χ1) is 7.91. The molecule has 0 radical (unpaired) electrons. The van der Waals surface area contributed by atoms with Crippen LogP contribution in [0, 0.1) is 0 Å². The van der Waals surface area contributed by atoms with Crippen LogP contribution < -0.4 is 0 Å². The molecule has 1 aliphatic carbocycles. The Morgan fingerprint density at radius 1 is 1.18 bits per heavy atom. The van der Waals surface area contributed by atoms with Crippen molar-refractivity contribution in [1.29, 1.82) is 0 Å². The first-order valence-electron chi connectivity index (χ1n) is 7.00. The summed E-state index contributed by atoms with van der Waals surface area (Å²) >= 11 is 0. The number of hydrogen-bond donors (Lipinski definition) is 2. The second kappa shape index (κ2) is 5.82. The van der Waals surface area contributed by atoms with Crippen LogP contribution in [0.5, 0.6) is 0 Å². The van der Waals surface area contributed by atoms with Gasteiger partial charge in [-0.3, -0.25) is 0 Å². The van der Waals surface area contributed by atoms with E-state index in [1.807, 2.05) is 0 Å². The Kier molecular flexibility index (Phi) is 5.19. The summed E-state index contributed by atoms with van der Waals surface area (Å²) in [5.41, 5.74) is -1.07. The van der Waals surface area contributed by atoms with Crippen LogP contribution in [0.15, 0.2) is 0 Å². The fourth-order valence-electron chi connectivity index (χ4n) is 2.78. The van der Waals surface area contributed by atoms with Gasteiger partial charge in [0.25, 0.3) is 0 Å². The minimum atomic E-state index is -1.69. The molecular weight excluding hydrogens is 232 g/mol. The van der Waals surface area contributed by atoms with Gasteiger partial charge in [-0.2, -0.15) is 0 Å². The van der Waals surface area contributed by atoms with Gasteiger partial charge in [-0.15, -0.1) is 0 Å². The van der Waals surface area contributed by atoms with Crippen LogP contribution in [0.25, 0.3) is 0 Å². The van der Waals surface area contributed by atoms with Gasteiger partial charge >= 0.3 is 0 Å². The van der Waals surface area contributed by atoms with E-state index in [1.54, 1.807) is 6.92 Å². The Labute approximate surface area is 106 Å². The van der Waals surface area contributed by atoms with Crippen LogP contribution in [0.1, 0.15) is 47.0 Å². The maximum absolute atomic E-state index is 10.4. The van der Waals surface area contributed by atoms with Crippen molar-refractivity contribution in [2.45, 2.75) is 82.9 Å². The molecule has 0 aromatic rings. The van der Waals surface area contributed by atoms with Crippen molar-refractivity contribution in [2.75, 3.05) is 0 Å². The molecular formula is C13H28O3Si. The van der Waals surface area contributed by atoms with E-state index < -0.39 is 20.0 Å². The molecule has 0 amide bonds. The molecule has 2 N–H and O–H groups in total. The van der Waals surface area contributed by atoms with Crippen LogP contribution in [-0.2, 0) is 4.43 Å². The maximum Gasteiger partial charge on any atom is 0.192 e. The van der Waals surface area contributed by atoms with E-state index in [0.717, 1.165) is 31.0 Å². The first kappa shape index (κ1) is 15.2. The zero-order valence-electron chi connectivity index (χ0n) is 11.7. The summed E-state index contributed by atoms with van der Waals surface area (Å²) in [6.07, 6.45) is 1.69. The molecule has 1 rings (SSSR count). The molecule has 3 atom stereocenters. The fourth-order valence-corrected chi connectivity index (χ4v) is 5.74. The highest BCUT2D eigenvalue weighted by atomic mass is 28.4. The van der Waals surface area contributed by atoms with Gasteiger partial charge in [-0.05, 0) is 44.3 Å². The van der Waals surface area contributed by atoms with Gasteiger partial charge in [0.05, 0.1) is 12.2 Å². The first-order valence-corrected chi connectivity index (χ1v) is 9.53. The molecule has 1 fully saturated rings. The van der Waals surface area contributed by atoms with E-state index in [2.05, 4.69) is 20.8 Å². The van der Waals surface area contributed by atoms with Crippen molar-refractivity contribution in [3.05, 3.63) is 0 Å². The molecule has 0 unspecified atom stereocenters. The van der Waals surface area contributed by atoms with E-state index in [0.29, 0.717) is 6.42 Å². The average molecular weight is 260 g/mol. The summed E-state index contributed by atoms with van der Waals surface area (Å²) in [5.74, 6) is 0. The van der Waals surface area contributed by atoms with Gasteiger partial charge in [-0.1, -0.05) is 20.8 Å².